The van der Waals surface area contributed by atoms with Crippen molar-refractivity contribution in [2.24, 2.45) is 0 Å². The Labute approximate surface area is 106 Å². The van der Waals surface area contributed by atoms with Crippen LogP contribution in [0.15, 0.2) is 53.5 Å². The maximum atomic E-state index is 5.64. The Kier molecular flexibility index (Phi) is 2.81. The highest BCUT2D eigenvalue weighted by Gasteiger charge is 2.06. The first-order valence-electron chi connectivity index (χ1n) is 6.10. The minimum absolute atomic E-state index is 0.687. The number of fused-ring (bicyclic) bond motifs is 1. The van der Waals surface area contributed by atoms with Crippen molar-refractivity contribution in [2.75, 3.05) is 6.61 Å². The summed E-state index contributed by atoms with van der Waals surface area (Å²) in [5.74, 6) is 0.945. The third-order valence-corrected chi connectivity index (χ3v) is 3.01. The Hall–Kier alpha value is -2.16. The second-order valence-corrected chi connectivity index (χ2v) is 4.20. The van der Waals surface area contributed by atoms with E-state index in [-0.39, 0.29) is 0 Å². The summed E-state index contributed by atoms with van der Waals surface area (Å²) in [6, 6.07) is 10.2. The molecule has 2 aromatic heterocycles. The molecule has 0 fully saturated rings. The highest BCUT2D eigenvalue weighted by Crippen LogP contribution is 2.27. The molecule has 2 heterocycles. The van der Waals surface area contributed by atoms with Crippen LogP contribution in [0.25, 0.3) is 10.9 Å². The molecule has 0 spiro atoms. The lowest BCUT2D eigenvalue weighted by Crippen LogP contribution is -1.97. The fraction of sp³-hybridized carbons (Fsp3) is 0.200. The smallest absolute Gasteiger partial charge is 0.128 e. The van der Waals surface area contributed by atoms with Crippen molar-refractivity contribution in [3.8, 4) is 5.75 Å². The second kappa shape index (κ2) is 4.61. The number of benzene rings is 1. The fourth-order valence-electron chi connectivity index (χ4n) is 2.19. The summed E-state index contributed by atoms with van der Waals surface area (Å²) in [5, 5.41) is 1.16. The molecule has 3 rings (SSSR count). The summed E-state index contributed by atoms with van der Waals surface area (Å²) in [6.07, 6.45) is 5.56. The van der Waals surface area contributed by atoms with Gasteiger partial charge in [0.1, 0.15) is 5.75 Å². The highest BCUT2D eigenvalue weighted by atomic mass is 16.5. The minimum atomic E-state index is 0.687. The molecule has 0 radical (unpaired) electrons. The fourth-order valence-corrected chi connectivity index (χ4v) is 2.19. The average Bonchev–Trinajstić information content (AvgIpc) is 3.01. The number of nitrogens with zero attached hydrogens (tertiary/aromatic N) is 1. The maximum Gasteiger partial charge on any atom is 0.128 e. The van der Waals surface area contributed by atoms with Gasteiger partial charge in [-0.25, -0.2) is 0 Å². The molecule has 0 N–H and O–H groups in total. The van der Waals surface area contributed by atoms with E-state index in [0.29, 0.717) is 6.61 Å². The first-order chi connectivity index (χ1) is 8.88. The molecule has 1 aromatic carbocycles. The minimum Gasteiger partial charge on any atom is -0.493 e. The first-order valence-corrected chi connectivity index (χ1v) is 6.10. The normalized spacial score (nSPS) is 10.9. The van der Waals surface area contributed by atoms with Crippen molar-refractivity contribution in [2.45, 2.75) is 13.5 Å². The van der Waals surface area contributed by atoms with E-state index in [2.05, 4.69) is 22.9 Å². The molecule has 92 valence electrons. The molecule has 18 heavy (non-hydrogen) atoms. The van der Waals surface area contributed by atoms with Crippen LogP contribution >= 0.6 is 0 Å². The molecule has 3 aromatic rings. The predicted octanol–water partition coefficient (Wildman–Crippen LogP) is 3.68. The van der Waals surface area contributed by atoms with Crippen molar-refractivity contribution in [3.05, 3.63) is 54.6 Å². The number of hydrogen-bond acceptors (Lipinski definition) is 2. The molecule has 0 saturated heterocycles. The Balaban J connectivity index is 2.01. The van der Waals surface area contributed by atoms with Gasteiger partial charge in [0.15, 0.2) is 0 Å². The molecule has 0 aliphatic rings. The Morgan fingerprint density at radius 2 is 2.17 bits per heavy atom. The quantitative estimate of drug-likeness (QED) is 0.696. The number of rotatable bonds is 4. The highest BCUT2D eigenvalue weighted by molar-refractivity contribution is 5.86. The Bertz CT molecular complexity index is 638. The van der Waals surface area contributed by atoms with Crippen LogP contribution in [-0.2, 0) is 6.54 Å². The zero-order valence-corrected chi connectivity index (χ0v) is 10.3. The van der Waals surface area contributed by atoms with E-state index in [1.165, 1.54) is 5.52 Å². The third kappa shape index (κ3) is 1.88. The van der Waals surface area contributed by atoms with Crippen LogP contribution in [0.4, 0.5) is 0 Å². The molecule has 3 nitrogen and oxygen atoms in total. The molecule has 0 atom stereocenters. The Morgan fingerprint density at radius 3 is 2.94 bits per heavy atom. The molecule has 3 heteroatoms. The number of ether oxygens (including phenoxy) is 1. The monoisotopic (exact) mass is 241 g/mol. The lowest BCUT2D eigenvalue weighted by Gasteiger charge is -2.06. The van der Waals surface area contributed by atoms with Gasteiger partial charge in [-0.2, -0.15) is 0 Å². The Morgan fingerprint density at radius 1 is 1.22 bits per heavy atom. The maximum absolute atomic E-state index is 5.64. The topological polar surface area (TPSA) is 27.3 Å². The first kappa shape index (κ1) is 11.0. The van der Waals surface area contributed by atoms with Crippen LogP contribution < -0.4 is 4.74 Å². The van der Waals surface area contributed by atoms with Crippen molar-refractivity contribution in [1.29, 1.82) is 0 Å². The van der Waals surface area contributed by atoms with Crippen molar-refractivity contribution >= 4 is 10.9 Å². The van der Waals surface area contributed by atoms with Gasteiger partial charge in [0.25, 0.3) is 0 Å². The van der Waals surface area contributed by atoms with Crippen molar-refractivity contribution in [3.63, 3.8) is 0 Å². The van der Waals surface area contributed by atoms with E-state index < -0.39 is 0 Å². The van der Waals surface area contributed by atoms with Gasteiger partial charge in [-0.3, -0.25) is 0 Å². The van der Waals surface area contributed by atoms with Gasteiger partial charge in [0.05, 0.1) is 31.2 Å². The largest absolute Gasteiger partial charge is 0.493 e. The predicted molar refractivity (Wildman–Crippen MR) is 70.9 cm³/mol. The van der Waals surface area contributed by atoms with E-state index in [4.69, 9.17) is 9.15 Å². The van der Waals surface area contributed by atoms with Crippen LogP contribution in [0, 0.1) is 0 Å². The van der Waals surface area contributed by atoms with Crippen LogP contribution in [-0.4, -0.2) is 11.2 Å². The van der Waals surface area contributed by atoms with E-state index in [1.54, 1.807) is 12.5 Å². The van der Waals surface area contributed by atoms with Gasteiger partial charge < -0.3 is 13.7 Å². The summed E-state index contributed by atoms with van der Waals surface area (Å²) >= 11 is 0. The molecule has 0 aliphatic carbocycles. The van der Waals surface area contributed by atoms with Gasteiger partial charge in [0.2, 0.25) is 0 Å². The zero-order valence-electron chi connectivity index (χ0n) is 10.3. The van der Waals surface area contributed by atoms with E-state index in [1.807, 2.05) is 25.1 Å². The summed E-state index contributed by atoms with van der Waals surface area (Å²) in [7, 11) is 0. The van der Waals surface area contributed by atoms with E-state index in [9.17, 15) is 0 Å². The molecule has 0 aliphatic heterocycles. The van der Waals surface area contributed by atoms with Crippen molar-refractivity contribution < 1.29 is 9.15 Å². The summed E-state index contributed by atoms with van der Waals surface area (Å²) < 4.78 is 12.9. The third-order valence-electron chi connectivity index (χ3n) is 3.01. The molecular weight excluding hydrogens is 226 g/mol. The number of aromatic nitrogens is 1. The summed E-state index contributed by atoms with van der Waals surface area (Å²) in [6.45, 7) is 3.50. The van der Waals surface area contributed by atoms with Gasteiger partial charge >= 0.3 is 0 Å². The van der Waals surface area contributed by atoms with Gasteiger partial charge in [-0.05, 0) is 31.2 Å². The van der Waals surface area contributed by atoms with Gasteiger partial charge in [0, 0.05) is 17.1 Å². The zero-order chi connectivity index (χ0) is 12.4. The molecular formula is C15H15NO2. The van der Waals surface area contributed by atoms with Crippen molar-refractivity contribution in [1.82, 2.24) is 4.57 Å². The molecule has 0 saturated carbocycles. The van der Waals surface area contributed by atoms with Crippen LogP contribution in [0.3, 0.4) is 0 Å². The molecule has 0 unspecified atom stereocenters. The summed E-state index contributed by atoms with van der Waals surface area (Å²) in [4.78, 5) is 0. The van der Waals surface area contributed by atoms with E-state index >= 15 is 0 Å². The standard InChI is InChI=1S/C15H15NO2/c1-2-18-15-5-3-4-14-13(15)6-8-16(14)10-12-7-9-17-11-12/h3-9,11H,2,10H2,1H3. The van der Waals surface area contributed by atoms with Gasteiger partial charge in [-0.1, -0.05) is 6.07 Å². The lowest BCUT2D eigenvalue weighted by atomic mass is 10.2. The van der Waals surface area contributed by atoms with Crippen LogP contribution in [0.5, 0.6) is 5.75 Å². The molecule has 0 amide bonds. The van der Waals surface area contributed by atoms with Crippen LogP contribution in [0.1, 0.15) is 12.5 Å². The SMILES string of the molecule is CCOc1cccc2c1ccn2Cc1ccoc1. The second-order valence-electron chi connectivity index (χ2n) is 4.20. The van der Waals surface area contributed by atoms with Crippen LogP contribution in [0.2, 0.25) is 0 Å². The molecule has 0 bridgehead atoms. The van der Waals surface area contributed by atoms with E-state index in [0.717, 1.165) is 23.2 Å². The summed E-state index contributed by atoms with van der Waals surface area (Å²) in [5.41, 5.74) is 2.34. The van der Waals surface area contributed by atoms with Gasteiger partial charge in [-0.15, -0.1) is 0 Å². The number of furan rings is 1. The average molecular weight is 241 g/mol. The number of hydrogen-bond donors (Lipinski definition) is 0. The lowest BCUT2D eigenvalue weighted by molar-refractivity contribution is 0.344.